The van der Waals surface area contributed by atoms with Crippen LogP contribution in [0.2, 0.25) is 0 Å². The minimum atomic E-state index is -0.379. The molecular weight excluding hydrogens is 98.1 g/mol. The summed E-state index contributed by atoms with van der Waals surface area (Å²) >= 11 is 0. The molecule has 0 atom stereocenters. The van der Waals surface area contributed by atoms with Crippen molar-refractivity contribution in [2.45, 2.75) is 32.7 Å². The van der Waals surface area contributed by atoms with Gasteiger partial charge in [-0.1, -0.05) is 19.1 Å². The lowest BCUT2D eigenvalue weighted by atomic mass is 10.1. The summed E-state index contributed by atoms with van der Waals surface area (Å²) < 4.78 is 0. The second-order valence-corrected chi connectivity index (χ2v) is 2.53. The fourth-order valence-corrected chi connectivity index (χ4v) is 0.412. The number of rotatable bonds is 2. The van der Waals surface area contributed by atoms with Crippen molar-refractivity contribution in [2.75, 3.05) is 0 Å². The molecule has 1 radical (unpaired) electrons. The van der Waals surface area contributed by atoms with Gasteiger partial charge < -0.3 is 0 Å². The molecular formula is C7H14N. The highest BCUT2D eigenvalue weighted by molar-refractivity contribution is 4.97. The third kappa shape index (κ3) is 5.70. The van der Waals surface area contributed by atoms with Gasteiger partial charge in [0.05, 0.1) is 0 Å². The van der Waals surface area contributed by atoms with Gasteiger partial charge >= 0.3 is 0 Å². The van der Waals surface area contributed by atoms with Gasteiger partial charge in [0, 0.05) is 5.54 Å². The van der Waals surface area contributed by atoms with Crippen LogP contribution in [0.4, 0.5) is 0 Å². The summed E-state index contributed by atoms with van der Waals surface area (Å²) in [6.45, 7) is 5.82. The molecule has 0 spiro atoms. The maximum Gasteiger partial charge on any atom is 0.0446 e. The van der Waals surface area contributed by atoms with Crippen molar-refractivity contribution in [1.29, 1.82) is 0 Å². The van der Waals surface area contributed by atoms with Crippen LogP contribution in [0.3, 0.4) is 0 Å². The molecule has 0 aliphatic heterocycles. The molecule has 1 heteroatoms. The Kier molecular flexibility index (Phi) is 2.77. The van der Waals surface area contributed by atoms with Gasteiger partial charge in [-0.3, -0.25) is 0 Å². The third-order valence-corrected chi connectivity index (χ3v) is 0.770. The molecule has 0 saturated heterocycles. The van der Waals surface area contributed by atoms with E-state index in [9.17, 15) is 0 Å². The van der Waals surface area contributed by atoms with Crippen LogP contribution in [-0.4, -0.2) is 5.54 Å². The molecule has 0 saturated carbocycles. The van der Waals surface area contributed by atoms with Crippen molar-refractivity contribution in [1.82, 2.24) is 5.73 Å². The second-order valence-electron chi connectivity index (χ2n) is 2.53. The minimum Gasteiger partial charge on any atom is -0.248 e. The molecule has 0 aromatic heterocycles. The summed E-state index contributed by atoms with van der Waals surface area (Å²) in [5.74, 6) is 0. The van der Waals surface area contributed by atoms with Crippen LogP contribution < -0.4 is 5.73 Å². The molecule has 0 aromatic carbocycles. The fraction of sp³-hybridized carbons (Fsp3) is 0.714. The largest absolute Gasteiger partial charge is 0.248 e. The quantitative estimate of drug-likeness (QED) is 0.488. The average Bonchev–Trinajstić information content (AvgIpc) is 1.59. The second kappa shape index (κ2) is 2.88. The maximum absolute atomic E-state index is 7.35. The smallest absolute Gasteiger partial charge is 0.0446 e. The highest BCUT2D eigenvalue weighted by Gasteiger charge is 2.03. The van der Waals surface area contributed by atoms with Gasteiger partial charge in [0.15, 0.2) is 0 Å². The SMILES string of the molecule is CCC=CC(C)(C)[NH]. The van der Waals surface area contributed by atoms with E-state index < -0.39 is 0 Å². The van der Waals surface area contributed by atoms with Crippen LogP contribution in [0.15, 0.2) is 12.2 Å². The molecule has 0 amide bonds. The van der Waals surface area contributed by atoms with Crippen LogP contribution >= 0.6 is 0 Å². The number of allylic oxidation sites excluding steroid dienone is 1. The van der Waals surface area contributed by atoms with Gasteiger partial charge in [0.2, 0.25) is 0 Å². The molecule has 1 N–H and O–H groups in total. The Morgan fingerprint density at radius 2 is 2.00 bits per heavy atom. The number of nitrogens with one attached hydrogen (secondary N) is 1. The normalized spacial score (nSPS) is 13.0. The summed E-state index contributed by atoms with van der Waals surface area (Å²) in [6.07, 6.45) is 4.96. The first kappa shape index (κ1) is 7.70. The zero-order valence-corrected chi connectivity index (χ0v) is 5.86. The van der Waals surface area contributed by atoms with Crippen molar-refractivity contribution in [3.05, 3.63) is 12.2 Å². The molecule has 0 aliphatic carbocycles. The zero-order chi connectivity index (χ0) is 6.62. The lowest BCUT2D eigenvalue weighted by Crippen LogP contribution is -2.16. The third-order valence-electron chi connectivity index (χ3n) is 0.770. The lowest BCUT2D eigenvalue weighted by molar-refractivity contribution is 0.627. The monoisotopic (exact) mass is 112 g/mol. The Morgan fingerprint density at radius 3 is 2.12 bits per heavy atom. The molecule has 0 aliphatic rings. The average molecular weight is 112 g/mol. The Bertz CT molecular complexity index is 76.9. The lowest BCUT2D eigenvalue weighted by Gasteiger charge is -2.08. The van der Waals surface area contributed by atoms with Gasteiger partial charge in [-0.2, -0.15) is 0 Å². The van der Waals surface area contributed by atoms with E-state index in [0.717, 1.165) is 6.42 Å². The minimum absolute atomic E-state index is 0.379. The van der Waals surface area contributed by atoms with Crippen LogP contribution in [0.1, 0.15) is 27.2 Å². The first-order valence-corrected chi connectivity index (χ1v) is 2.99. The van der Waals surface area contributed by atoms with Crippen LogP contribution in [0, 0.1) is 0 Å². The van der Waals surface area contributed by atoms with Crippen LogP contribution in [-0.2, 0) is 0 Å². The number of hydrogen-bond donors (Lipinski definition) is 0. The van der Waals surface area contributed by atoms with Crippen molar-refractivity contribution in [3.63, 3.8) is 0 Å². The maximum atomic E-state index is 7.35. The fourth-order valence-electron chi connectivity index (χ4n) is 0.412. The summed E-state index contributed by atoms with van der Waals surface area (Å²) in [7, 11) is 0. The predicted molar refractivity (Wildman–Crippen MR) is 36.6 cm³/mol. The van der Waals surface area contributed by atoms with Gasteiger partial charge in [0.25, 0.3) is 0 Å². The number of hydrogen-bond acceptors (Lipinski definition) is 0. The molecule has 0 fully saturated rings. The summed E-state index contributed by atoms with van der Waals surface area (Å²) in [6, 6.07) is 0. The molecule has 0 unspecified atom stereocenters. The van der Waals surface area contributed by atoms with Gasteiger partial charge in [-0.25, -0.2) is 5.73 Å². The van der Waals surface area contributed by atoms with Crippen LogP contribution in [0.25, 0.3) is 0 Å². The van der Waals surface area contributed by atoms with E-state index in [1.807, 2.05) is 26.0 Å². The van der Waals surface area contributed by atoms with E-state index in [2.05, 4.69) is 6.92 Å². The summed E-state index contributed by atoms with van der Waals surface area (Å²) in [5.41, 5.74) is 6.97. The van der Waals surface area contributed by atoms with Crippen molar-refractivity contribution >= 4 is 0 Å². The highest BCUT2D eigenvalue weighted by Crippen LogP contribution is 2.00. The standard InChI is InChI=1S/C7H14N/c1-4-5-6-7(2,3)8/h5-6,8H,4H2,1-3H3. The Morgan fingerprint density at radius 1 is 1.50 bits per heavy atom. The van der Waals surface area contributed by atoms with E-state index in [0.29, 0.717) is 0 Å². The molecule has 0 heterocycles. The van der Waals surface area contributed by atoms with E-state index in [1.54, 1.807) is 0 Å². The highest BCUT2D eigenvalue weighted by atomic mass is 14.7. The van der Waals surface area contributed by atoms with Crippen molar-refractivity contribution in [2.24, 2.45) is 0 Å². The Labute approximate surface area is 51.6 Å². The van der Waals surface area contributed by atoms with Gasteiger partial charge in [-0.15, -0.1) is 0 Å². The van der Waals surface area contributed by atoms with Gasteiger partial charge in [0.1, 0.15) is 0 Å². The van der Waals surface area contributed by atoms with E-state index in [1.165, 1.54) is 0 Å². The first-order valence-electron chi connectivity index (χ1n) is 2.99. The predicted octanol–water partition coefficient (Wildman–Crippen LogP) is 2.01. The molecule has 0 bridgehead atoms. The molecule has 0 rings (SSSR count). The van der Waals surface area contributed by atoms with E-state index >= 15 is 0 Å². The van der Waals surface area contributed by atoms with E-state index in [-0.39, 0.29) is 5.54 Å². The summed E-state index contributed by atoms with van der Waals surface area (Å²) in [4.78, 5) is 0. The molecule has 8 heavy (non-hydrogen) atoms. The van der Waals surface area contributed by atoms with Crippen molar-refractivity contribution in [3.8, 4) is 0 Å². The molecule has 47 valence electrons. The van der Waals surface area contributed by atoms with Crippen LogP contribution in [0.5, 0.6) is 0 Å². The van der Waals surface area contributed by atoms with E-state index in [4.69, 9.17) is 5.73 Å². The Balaban J connectivity index is 3.52. The molecule has 0 aromatic rings. The van der Waals surface area contributed by atoms with Crippen molar-refractivity contribution < 1.29 is 0 Å². The summed E-state index contributed by atoms with van der Waals surface area (Å²) in [5, 5.41) is 0. The molecule has 1 nitrogen and oxygen atoms in total. The first-order chi connectivity index (χ1) is 3.56. The zero-order valence-electron chi connectivity index (χ0n) is 5.86. The Hall–Kier alpha value is -0.300. The van der Waals surface area contributed by atoms with Gasteiger partial charge in [-0.05, 0) is 20.3 Å². The topological polar surface area (TPSA) is 23.8 Å².